The van der Waals surface area contributed by atoms with Gasteiger partial charge in [-0.15, -0.1) is 0 Å². The summed E-state index contributed by atoms with van der Waals surface area (Å²) in [6.07, 6.45) is 3.79. The van der Waals surface area contributed by atoms with Crippen molar-refractivity contribution in [1.82, 2.24) is 0 Å². The molecule has 1 fully saturated rings. The summed E-state index contributed by atoms with van der Waals surface area (Å²) in [5.41, 5.74) is 6.16. The van der Waals surface area contributed by atoms with Crippen LogP contribution in [0.4, 0.5) is 4.39 Å². The van der Waals surface area contributed by atoms with E-state index in [1.165, 1.54) is 54.7 Å². The van der Waals surface area contributed by atoms with Crippen molar-refractivity contribution in [2.24, 2.45) is 0 Å². The van der Waals surface area contributed by atoms with E-state index in [0.717, 1.165) is 11.1 Å². The topological polar surface area (TPSA) is 37.3 Å². The van der Waals surface area contributed by atoms with Crippen molar-refractivity contribution in [2.75, 3.05) is 0 Å². The number of benzene rings is 2. The minimum Gasteiger partial charge on any atom is -0.478 e. The highest BCUT2D eigenvalue weighted by molar-refractivity contribution is 5.90. The Labute approximate surface area is 147 Å². The highest BCUT2D eigenvalue weighted by atomic mass is 19.1. The van der Waals surface area contributed by atoms with Gasteiger partial charge in [-0.25, -0.2) is 9.18 Å². The molecule has 2 aromatic carbocycles. The number of carbonyl (C=O) groups is 1. The van der Waals surface area contributed by atoms with Crippen molar-refractivity contribution in [3.05, 3.63) is 69.8 Å². The van der Waals surface area contributed by atoms with Crippen LogP contribution in [0.1, 0.15) is 76.2 Å². The molecule has 0 radical (unpaired) electrons. The Morgan fingerprint density at radius 2 is 1.60 bits per heavy atom. The van der Waals surface area contributed by atoms with E-state index in [-0.39, 0.29) is 11.4 Å². The molecule has 0 aliphatic heterocycles. The largest absolute Gasteiger partial charge is 0.478 e. The van der Waals surface area contributed by atoms with Crippen LogP contribution in [0.25, 0.3) is 11.4 Å². The molecule has 2 nitrogen and oxygen atoms in total. The first-order valence-electron chi connectivity index (χ1n) is 8.80. The molecule has 25 heavy (non-hydrogen) atoms. The van der Waals surface area contributed by atoms with Crippen LogP contribution in [0.15, 0.2) is 36.4 Å². The lowest BCUT2D eigenvalue weighted by molar-refractivity contribution is 0.0697. The summed E-state index contributed by atoms with van der Waals surface area (Å²) in [5.74, 6) is 0.0517. The van der Waals surface area contributed by atoms with Gasteiger partial charge in [-0.3, -0.25) is 0 Å². The number of hydrogen-bond acceptors (Lipinski definition) is 1. The molecule has 0 aromatic heterocycles. The van der Waals surface area contributed by atoms with Gasteiger partial charge in [0.15, 0.2) is 0 Å². The van der Waals surface area contributed by atoms with E-state index in [1.807, 2.05) is 13.8 Å². The fraction of sp³-hybridized carbons (Fsp3) is 0.318. The third-order valence-corrected chi connectivity index (χ3v) is 5.86. The molecular formula is C22H21FO2. The lowest BCUT2D eigenvalue weighted by Gasteiger charge is -2.19. The summed E-state index contributed by atoms with van der Waals surface area (Å²) in [7, 11) is 0. The molecule has 4 rings (SSSR count). The summed E-state index contributed by atoms with van der Waals surface area (Å²) in [6.45, 7) is 3.86. The van der Waals surface area contributed by atoms with Crippen molar-refractivity contribution >= 4 is 17.4 Å². The highest BCUT2D eigenvalue weighted by Gasteiger charge is 2.37. The van der Waals surface area contributed by atoms with Crippen LogP contribution in [0.2, 0.25) is 0 Å². The van der Waals surface area contributed by atoms with Gasteiger partial charge in [0, 0.05) is 5.56 Å². The third-order valence-electron chi connectivity index (χ3n) is 5.86. The number of aromatic carboxylic acids is 1. The monoisotopic (exact) mass is 336 g/mol. The molecule has 1 saturated carbocycles. The molecule has 0 amide bonds. The Morgan fingerprint density at radius 1 is 1.04 bits per heavy atom. The van der Waals surface area contributed by atoms with Crippen LogP contribution in [0.3, 0.4) is 0 Å². The van der Waals surface area contributed by atoms with Crippen LogP contribution in [0.5, 0.6) is 0 Å². The second-order valence-corrected chi connectivity index (χ2v) is 7.32. The average molecular weight is 336 g/mol. The summed E-state index contributed by atoms with van der Waals surface area (Å²) in [5, 5.41) is 8.97. The van der Waals surface area contributed by atoms with E-state index >= 15 is 0 Å². The maximum absolute atomic E-state index is 15.0. The Hall–Kier alpha value is -2.42. The Morgan fingerprint density at radius 3 is 2.20 bits per heavy atom. The van der Waals surface area contributed by atoms with Crippen molar-refractivity contribution < 1.29 is 14.3 Å². The number of halogens is 1. The minimum absolute atomic E-state index is 0.166. The molecule has 2 aliphatic carbocycles. The summed E-state index contributed by atoms with van der Waals surface area (Å²) < 4.78 is 15.0. The third kappa shape index (κ3) is 2.58. The molecule has 0 spiro atoms. The van der Waals surface area contributed by atoms with Crippen LogP contribution in [-0.4, -0.2) is 11.1 Å². The van der Waals surface area contributed by atoms with Crippen LogP contribution >= 0.6 is 0 Å². The zero-order valence-electron chi connectivity index (χ0n) is 14.5. The Bertz CT molecular complexity index is 893. The van der Waals surface area contributed by atoms with E-state index in [4.69, 9.17) is 5.11 Å². The predicted octanol–water partition coefficient (Wildman–Crippen LogP) is 5.92. The molecule has 1 N–H and O–H groups in total. The number of fused-ring (bicyclic) bond motifs is 5. The van der Waals surface area contributed by atoms with Crippen molar-refractivity contribution in [1.29, 1.82) is 0 Å². The average Bonchev–Trinajstić information content (AvgIpc) is 3.22. The Kier molecular flexibility index (Phi) is 3.75. The van der Waals surface area contributed by atoms with Gasteiger partial charge in [0.25, 0.3) is 0 Å². The molecule has 2 aromatic rings. The molecule has 3 heteroatoms. The van der Waals surface area contributed by atoms with E-state index in [9.17, 15) is 9.18 Å². The van der Waals surface area contributed by atoms with Gasteiger partial charge in [0.2, 0.25) is 0 Å². The van der Waals surface area contributed by atoms with E-state index in [2.05, 4.69) is 12.1 Å². The first-order chi connectivity index (χ1) is 12.0. The fourth-order valence-corrected chi connectivity index (χ4v) is 4.50. The molecule has 2 unspecified atom stereocenters. The lowest BCUT2D eigenvalue weighted by atomic mass is 9.86. The van der Waals surface area contributed by atoms with Crippen molar-refractivity contribution in [2.45, 2.75) is 44.9 Å². The summed E-state index contributed by atoms with van der Waals surface area (Å²) in [4.78, 5) is 10.9. The van der Waals surface area contributed by atoms with Gasteiger partial charge in [-0.1, -0.05) is 24.3 Å². The lowest BCUT2D eigenvalue weighted by Crippen LogP contribution is -2.01. The smallest absolute Gasteiger partial charge is 0.335 e. The zero-order valence-corrected chi connectivity index (χ0v) is 14.5. The van der Waals surface area contributed by atoms with E-state index in [0.29, 0.717) is 23.0 Å². The maximum atomic E-state index is 15.0. The van der Waals surface area contributed by atoms with Gasteiger partial charge < -0.3 is 5.11 Å². The first kappa shape index (κ1) is 16.1. The minimum atomic E-state index is -1.00. The van der Waals surface area contributed by atoms with Crippen molar-refractivity contribution in [3.63, 3.8) is 0 Å². The molecule has 0 heterocycles. The van der Waals surface area contributed by atoms with Crippen molar-refractivity contribution in [3.8, 4) is 0 Å². The normalized spacial score (nSPS) is 21.9. The van der Waals surface area contributed by atoms with Gasteiger partial charge in [0.1, 0.15) is 5.83 Å². The maximum Gasteiger partial charge on any atom is 0.335 e. The number of rotatable bonds is 3. The molecular weight excluding hydrogens is 315 g/mol. The SMILES string of the molecule is C/C(=C(\F)c1ccc(C(=O)O)cc1)c1cc2c(cc1C)C1CCC2C1. The number of carboxylic acid groups (broad SMARTS) is 1. The molecule has 0 saturated heterocycles. The van der Waals surface area contributed by atoms with Crippen LogP contribution in [0, 0.1) is 6.92 Å². The van der Waals surface area contributed by atoms with Gasteiger partial charge in [-0.2, -0.15) is 0 Å². The molecule has 2 atom stereocenters. The first-order valence-corrected chi connectivity index (χ1v) is 8.80. The molecule has 2 aliphatic rings. The predicted molar refractivity (Wildman–Crippen MR) is 97.5 cm³/mol. The highest BCUT2D eigenvalue weighted by Crippen LogP contribution is 2.54. The van der Waals surface area contributed by atoms with Gasteiger partial charge >= 0.3 is 5.97 Å². The van der Waals surface area contributed by atoms with E-state index in [1.54, 1.807) is 0 Å². The van der Waals surface area contributed by atoms with Crippen LogP contribution < -0.4 is 0 Å². The fourth-order valence-electron chi connectivity index (χ4n) is 4.50. The molecule has 128 valence electrons. The number of aryl methyl sites for hydroxylation is 1. The standard InChI is InChI=1S/C22H21FO2/c1-12-9-19-16-7-8-17(10-16)20(19)11-18(12)13(2)21(23)14-3-5-15(6-4-14)22(24)25/h3-6,9,11,16-17H,7-8,10H2,1-2H3,(H,24,25)/b21-13+. The molecule has 2 bridgehead atoms. The van der Waals surface area contributed by atoms with Gasteiger partial charge in [0.05, 0.1) is 5.56 Å². The summed E-state index contributed by atoms with van der Waals surface area (Å²) >= 11 is 0. The summed E-state index contributed by atoms with van der Waals surface area (Å²) in [6, 6.07) is 10.4. The van der Waals surface area contributed by atoms with Crippen LogP contribution in [-0.2, 0) is 0 Å². The zero-order chi connectivity index (χ0) is 17.7. The quantitative estimate of drug-likeness (QED) is 0.707. The van der Waals surface area contributed by atoms with Gasteiger partial charge in [-0.05, 0) is 84.9 Å². The Balaban J connectivity index is 1.75. The second kappa shape index (κ2) is 5.83. The number of hydrogen-bond donors (Lipinski definition) is 1. The second-order valence-electron chi connectivity index (χ2n) is 7.32. The number of carboxylic acids is 1. The van der Waals surface area contributed by atoms with E-state index < -0.39 is 5.97 Å². The number of allylic oxidation sites excluding steroid dienone is 1.